The van der Waals surface area contributed by atoms with Gasteiger partial charge in [-0.05, 0) is 69.7 Å². The van der Waals surface area contributed by atoms with Gasteiger partial charge in [0.2, 0.25) is 11.8 Å². The van der Waals surface area contributed by atoms with E-state index in [1.54, 1.807) is 18.2 Å². The number of hydrazine groups is 1. The molecule has 0 aliphatic carbocycles. The highest BCUT2D eigenvalue weighted by Gasteiger charge is 2.38. The second-order valence-electron chi connectivity index (χ2n) is 17.3. The van der Waals surface area contributed by atoms with E-state index in [4.69, 9.17) is 24.3 Å². The molecule has 0 saturated carbocycles. The van der Waals surface area contributed by atoms with E-state index in [-0.39, 0.29) is 37.1 Å². The van der Waals surface area contributed by atoms with Crippen LogP contribution in [-0.2, 0) is 52.9 Å². The van der Waals surface area contributed by atoms with Gasteiger partial charge in [-0.2, -0.15) is 5.48 Å². The number of aliphatic imine (C=N–C) groups is 1. The monoisotopic (exact) mass is 870 g/mol. The van der Waals surface area contributed by atoms with Crippen LogP contribution in [0.25, 0.3) is 27.7 Å². The first-order valence-corrected chi connectivity index (χ1v) is 22.4. The van der Waals surface area contributed by atoms with E-state index in [9.17, 15) is 19.2 Å². The molecule has 3 amide bonds. The minimum Gasteiger partial charge on any atom is -0.464 e. The number of hydrogen-bond acceptors (Lipinski definition) is 12. The van der Waals surface area contributed by atoms with Crippen LogP contribution in [0.3, 0.4) is 0 Å². The van der Waals surface area contributed by atoms with E-state index in [0.717, 1.165) is 44.7 Å². The van der Waals surface area contributed by atoms with E-state index < -0.39 is 41.3 Å². The SMILES string of the molecule is C=CC(=O)N1CC(ON[C@H](C(=O)N[C@H]2Cc3nc(cs3)-c3ccc4c(c3)c(c(/C(C=C)=C(/N=C\C)[C@H](C)OC)n4CC)CC(C)(C)COC(=O)[C@@H]3CCCN(N3)C2=O)C(C)C)C1. The third kappa shape index (κ3) is 10.1. The Morgan fingerprint density at radius 2 is 1.94 bits per heavy atom. The summed E-state index contributed by atoms with van der Waals surface area (Å²) in [6.45, 7) is 23.6. The molecule has 3 N–H and O–H groups in total. The third-order valence-corrected chi connectivity index (χ3v) is 12.6. The molecule has 2 aromatic heterocycles. The van der Waals surface area contributed by atoms with Gasteiger partial charge in [0.15, 0.2) is 0 Å². The Morgan fingerprint density at radius 3 is 2.60 bits per heavy atom. The summed E-state index contributed by atoms with van der Waals surface area (Å²) in [7, 11) is 1.67. The Morgan fingerprint density at radius 1 is 1.18 bits per heavy atom. The zero-order chi connectivity index (χ0) is 44.9. The molecule has 5 heterocycles. The van der Waals surface area contributed by atoms with Crippen LogP contribution in [0.5, 0.6) is 0 Å². The molecular weight excluding hydrogens is 809 g/mol. The number of aryl methyl sites for hydroxylation is 1. The number of rotatable bonds is 13. The molecule has 1 aromatic carbocycles. The largest absolute Gasteiger partial charge is 0.464 e. The van der Waals surface area contributed by atoms with Crippen molar-refractivity contribution in [1.82, 2.24) is 35.7 Å². The summed E-state index contributed by atoms with van der Waals surface area (Å²) in [4.78, 5) is 71.5. The zero-order valence-electron chi connectivity index (χ0n) is 37.3. The van der Waals surface area contributed by atoms with Gasteiger partial charge in [-0.25, -0.2) is 10.4 Å². The topological polar surface area (TPSA) is 169 Å². The highest BCUT2D eigenvalue weighted by Crippen LogP contribution is 2.40. The molecule has 4 atom stereocenters. The molecule has 0 unspecified atom stereocenters. The number of nitrogens with zero attached hydrogens (tertiary/aromatic N) is 5. The first-order chi connectivity index (χ1) is 29.6. The molecule has 334 valence electrons. The fourth-order valence-corrected chi connectivity index (χ4v) is 9.07. The maximum absolute atomic E-state index is 14.4. The number of hydrogen-bond donors (Lipinski definition) is 3. The molecule has 2 fully saturated rings. The van der Waals surface area contributed by atoms with Gasteiger partial charge in [0.1, 0.15) is 24.2 Å². The maximum Gasteiger partial charge on any atom is 0.324 e. The maximum atomic E-state index is 14.4. The van der Waals surface area contributed by atoms with Gasteiger partial charge in [0, 0.05) is 65.7 Å². The zero-order valence-corrected chi connectivity index (χ0v) is 38.1. The van der Waals surface area contributed by atoms with Gasteiger partial charge in [0.25, 0.3) is 5.91 Å². The highest BCUT2D eigenvalue weighted by molar-refractivity contribution is 7.10. The Kier molecular flexibility index (Phi) is 15.0. The number of carbonyl (C=O) groups excluding carboxylic acids is 4. The van der Waals surface area contributed by atoms with Gasteiger partial charge >= 0.3 is 5.97 Å². The standard InChI is InChI=1S/C46H62N8O7S/c1-11-31(41(47-13-3)28(7)59-10)42-33-22-46(8,9)26-60-45(58)34-16-15-19-54(50-34)44(57)35(49-43(56)40(27(5)6)51-61-30-23-52(24-30)39(55)12-2)21-38-48-36(25-62-38)29-17-18-37(32(33)20-29)53(42)14-4/h11-13,17-18,20,25,27-28,30,34-35,40,50-51H,1-2,14-16,19,21-24,26H2,3-10H3,(H,49,56)/b41-31+,47-13-/t28-,34-,35-,40-/m0/s1. The molecule has 0 spiro atoms. The third-order valence-electron chi connectivity index (χ3n) is 11.7. The van der Waals surface area contributed by atoms with Gasteiger partial charge in [-0.3, -0.25) is 34.0 Å². The summed E-state index contributed by atoms with van der Waals surface area (Å²) in [6, 6.07) is 3.73. The molecule has 2 saturated heterocycles. The number of esters is 1. The quantitative estimate of drug-likeness (QED) is 0.0666. The number of hydroxylamine groups is 1. The van der Waals surface area contributed by atoms with Gasteiger partial charge in [-0.1, -0.05) is 53.0 Å². The summed E-state index contributed by atoms with van der Waals surface area (Å²) in [5.41, 5.74) is 11.8. The Labute approximate surface area is 368 Å². The lowest BCUT2D eigenvalue weighted by Gasteiger charge is -2.39. The van der Waals surface area contributed by atoms with Crippen LogP contribution in [0, 0.1) is 11.3 Å². The number of cyclic esters (lactones) is 1. The van der Waals surface area contributed by atoms with Gasteiger partial charge in [-0.15, -0.1) is 11.3 Å². The lowest BCUT2D eigenvalue weighted by molar-refractivity contribution is -0.157. The lowest BCUT2D eigenvalue weighted by Crippen LogP contribution is -2.62. The van der Waals surface area contributed by atoms with Crippen molar-refractivity contribution in [1.29, 1.82) is 0 Å². The van der Waals surface area contributed by atoms with E-state index >= 15 is 0 Å². The lowest BCUT2D eigenvalue weighted by atomic mass is 9.84. The van der Waals surface area contributed by atoms with Crippen molar-refractivity contribution in [3.05, 3.63) is 70.9 Å². The number of methoxy groups -OCH3 is 1. The van der Waals surface area contributed by atoms with Crippen LogP contribution in [-0.4, -0.2) is 113 Å². The second kappa shape index (κ2) is 20.0. The highest BCUT2D eigenvalue weighted by atomic mass is 32.1. The molecular formula is C46H62N8O7S. The van der Waals surface area contributed by atoms with Crippen LogP contribution in [0.15, 0.2) is 59.6 Å². The van der Waals surface area contributed by atoms with Crippen molar-refractivity contribution in [3.63, 3.8) is 0 Å². The number of nitrogens with one attached hydrogen (secondary N) is 3. The molecule has 62 heavy (non-hydrogen) atoms. The number of allylic oxidation sites excluding steroid dienone is 2. The predicted molar refractivity (Wildman–Crippen MR) is 242 cm³/mol. The molecule has 3 aliphatic rings. The normalized spacial score (nSPS) is 21.2. The number of likely N-dealkylation sites (tertiary alicyclic amines) is 1. The number of thiazole rings is 1. The average Bonchev–Trinajstić information content (AvgIpc) is 3.83. The molecule has 3 aliphatic heterocycles. The summed E-state index contributed by atoms with van der Waals surface area (Å²) in [6.07, 6.45) is 5.96. The smallest absolute Gasteiger partial charge is 0.324 e. The number of aromatic nitrogens is 2. The molecule has 16 heteroatoms. The van der Waals surface area contributed by atoms with Gasteiger partial charge in [0.05, 0.1) is 47.9 Å². The molecule has 0 radical (unpaired) electrons. The van der Waals surface area contributed by atoms with Crippen molar-refractivity contribution in [2.24, 2.45) is 16.3 Å². The fraction of sp³-hybridized carbons (Fsp3) is 0.522. The molecule has 3 aromatic rings. The number of amides is 3. The second-order valence-corrected chi connectivity index (χ2v) is 18.2. The number of carbonyl (C=O) groups is 4. The fourth-order valence-electron chi connectivity index (χ4n) is 8.22. The Balaban J connectivity index is 1.40. The van der Waals surface area contributed by atoms with Crippen molar-refractivity contribution in [2.75, 3.05) is 33.4 Å². The summed E-state index contributed by atoms with van der Waals surface area (Å²) in [5, 5.41) is 8.08. The van der Waals surface area contributed by atoms with Crippen molar-refractivity contribution >= 4 is 57.7 Å². The minimum atomic E-state index is -1.03. The summed E-state index contributed by atoms with van der Waals surface area (Å²) in [5.74, 6) is -1.67. The summed E-state index contributed by atoms with van der Waals surface area (Å²) < 4.78 is 14.2. The van der Waals surface area contributed by atoms with Crippen molar-refractivity contribution < 1.29 is 33.5 Å². The molecule has 6 rings (SSSR count). The van der Waals surface area contributed by atoms with E-state index in [0.29, 0.717) is 50.4 Å². The van der Waals surface area contributed by atoms with Crippen molar-refractivity contribution in [3.8, 4) is 11.3 Å². The van der Waals surface area contributed by atoms with E-state index in [2.05, 4.69) is 72.9 Å². The number of fused-ring (bicyclic) bond motifs is 6. The number of ether oxygens (including phenoxy) is 2. The van der Waals surface area contributed by atoms with Crippen LogP contribution in [0.1, 0.15) is 77.6 Å². The van der Waals surface area contributed by atoms with Crippen LogP contribution in [0.4, 0.5) is 0 Å². The molecule has 6 bridgehead atoms. The van der Waals surface area contributed by atoms with Crippen LogP contribution >= 0.6 is 11.3 Å². The summed E-state index contributed by atoms with van der Waals surface area (Å²) >= 11 is 1.42. The van der Waals surface area contributed by atoms with E-state index in [1.165, 1.54) is 22.4 Å². The minimum absolute atomic E-state index is 0.111. The Bertz CT molecular complexity index is 2240. The number of benzene rings is 1. The van der Waals surface area contributed by atoms with Crippen molar-refractivity contribution in [2.45, 2.75) is 111 Å². The first-order valence-electron chi connectivity index (χ1n) is 21.5. The average molecular weight is 871 g/mol. The van der Waals surface area contributed by atoms with E-state index in [1.807, 2.05) is 39.2 Å². The van der Waals surface area contributed by atoms with Crippen LogP contribution < -0.4 is 16.2 Å². The van der Waals surface area contributed by atoms with Crippen LogP contribution in [0.2, 0.25) is 0 Å². The van der Waals surface area contributed by atoms with Gasteiger partial charge < -0.3 is 24.3 Å². The molecule has 15 nitrogen and oxygen atoms in total. The first kappa shape index (κ1) is 46.5. The predicted octanol–water partition coefficient (Wildman–Crippen LogP) is 5.40. The Hall–Kier alpha value is -5.00.